The maximum absolute atomic E-state index is 12.4. The third-order valence-electron chi connectivity index (χ3n) is 4.32. The Kier molecular flexibility index (Phi) is 3.68. The molecule has 3 rings (SSSR count). The number of rotatable bonds is 3. The number of carbonyl (C=O) groups is 2. The average Bonchev–Trinajstić information content (AvgIpc) is 2.94. The van der Waals surface area contributed by atoms with Crippen LogP contribution in [0, 0.1) is 6.92 Å². The Labute approximate surface area is 124 Å². The van der Waals surface area contributed by atoms with Gasteiger partial charge in [-0.1, -0.05) is 29.8 Å². The van der Waals surface area contributed by atoms with Crippen molar-refractivity contribution < 1.29 is 14.7 Å². The van der Waals surface area contributed by atoms with E-state index in [1.807, 2.05) is 31.2 Å². The van der Waals surface area contributed by atoms with Crippen molar-refractivity contribution in [2.45, 2.75) is 31.9 Å². The first kappa shape index (κ1) is 14.1. The molecule has 2 atom stereocenters. The molecule has 0 aromatic heterocycles. The minimum atomic E-state index is -0.755. The number of benzene rings is 1. The van der Waals surface area contributed by atoms with E-state index >= 15 is 0 Å². The number of hydrogen-bond donors (Lipinski definition) is 1. The predicted molar refractivity (Wildman–Crippen MR) is 77.5 cm³/mol. The number of aliphatic hydroxyl groups excluding tert-OH is 1. The maximum Gasteiger partial charge on any atom is 0.245 e. The zero-order valence-corrected chi connectivity index (χ0v) is 12.2. The molecule has 0 bridgehead atoms. The molecular weight excluding hydrogens is 268 g/mol. The number of carbonyl (C=O) groups excluding carboxylic acids is 2. The third-order valence-corrected chi connectivity index (χ3v) is 4.32. The topological polar surface area (TPSA) is 60.9 Å². The van der Waals surface area contributed by atoms with Crippen LogP contribution < -0.4 is 0 Å². The molecular formula is C16H20N2O3. The van der Waals surface area contributed by atoms with Gasteiger partial charge in [-0.3, -0.25) is 9.59 Å². The summed E-state index contributed by atoms with van der Waals surface area (Å²) < 4.78 is 0. The van der Waals surface area contributed by atoms with Gasteiger partial charge in [0.05, 0.1) is 19.2 Å². The lowest BCUT2D eigenvalue weighted by atomic mass is 10.0. The lowest BCUT2D eigenvalue weighted by Gasteiger charge is -2.37. The van der Waals surface area contributed by atoms with Crippen molar-refractivity contribution in [1.29, 1.82) is 0 Å². The van der Waals surface area contributed by atoms with Crippen molar-refractivity contribution in [3.63, 3.8) is 0 Å². The number of amides is 2. The van der Waals surface area contributed by atoms with Crippen LogP contribution in [0.2, 0.25) is 0 Å². The Balaban J connectivity index is 1.72. The van der Waals surface area contributed by atoms with Gasteiger partial charge in [-0.05, 0) is 25.3 Å². The molecule has 5 nitrogen and oxygen atoms in total. The molecule has 0 aliphatic carbocycles. The lowest BCUT2D eigenvalue weighted by Crippen LogP contribution is -2.58. The SMILES string of the molecule is Cc1cccc(C(O)CN2CC(=O)N3CCCC3C2=O)c1. The van der Waals surface area contributed by atoms with Gasteiger partial charge in [0.1, 0.15) is 6.04 Å². The predicted octanol–water partition coefficient (Wildman–Crippen LogP) is 0.862. The normalized spacial score (nSPS) is 23.4. The summed E-state index contributed by atoms with van der Waals surface area (Å²) in [5.74, 6) is -0.0349. The molecule has 2 fully saturated rings. The van der Waals surface area contributed by atoms with E-state index < -0.39 is 6.10 Å². The zero-order chi connectivity index (χ0) is 15.0. The summed E-state index contributed by atoms with van der Waals surface area (Å²) in [4.78, 5) is 27.6. The smallest absolute Gasteiger partial charge is 0.245 e. The van der Waals surface area contributed by atoms with Crippen molar-refractivity contribution >= 4 is 11.8 Å². The Morgan fingerprint density at radius 3 is 2.95 bits per heavy atom. The number of fused-ring (bicyclic) bond motifs is 1. The molecule has 0 saturated carbocycles. The van der Waals surface area contributed by atoms with Crippen LogP contribution in [-0.4, -0.2) is 52.4 Å². The van der Waals surface area contributed by atoms with E-state index in [0.717, 1.165) is 24.0 Å². The highest BCUT2D eigenvalue weighted by Gasteiger charge is 2.42. The number of β-amino-alcohol motifs (C(OH)–C–C–N with tert-alkyl or cyclic N) is 1. The van der Waals surface area contributed by atoms with Crippen LogP contribution in [0.25, 0.3) is 0 Å². The summed E-state index contributed by atoms with van der Waals surface area (Å²) in [7, 11) is 0. The van der Waals surface area contributed by atoms with E-state index in [9.17, 15) is 14.7 Å². The fraction of sp³-hybridized carbons (Fsp3) is 0.500. The molecule has 1 aromatic rings. The van der Waals surface area contributed by atoms with Gasteiger partial charge in [-0.2, -0.15) is 0 Å². The number of aryl methyl sites for hydroxylation is 1. The van der Waals surface area contributed by atoms with Crippen LogP contribution in [0.4, 0.5) is 0 Å². The van der Waals surface area contributed by atoms with Gasteiger partial charge in [0.2, 0.25) is 11.8 Å². The maximum atomic E-state index is 12.4. The van der Waals surface area contributed by atoms with E-state index in [1.54, 1.807) is 4.90 Å². The van der Waals surface area contributed by atoms with Crippen molar-refractivity contribution in [2.24, 2.45) is 0 Å². The molecule has 0 spiro atoms. The van der Waals surface area contributed by atoms with Crippen molar-refractivity contribution in [2.75, 3.05) is 19.6 Å². The second-order valence-corrected chi connectivity index (χ2v) is 5.89. The average molecular weight is 288 g/mol. The Hall–Kier alpha value is -1.88. The molecule has 0 radical (unpaired) electrons. The van der Waals surface area contributed by atoms with Gasteiger partial charge in [-0.15, -0.1) is 0 Å². The van der Waals surface area contributed by atoms with Crippen molar-refractivity contribution in [3.8, 4) is 0 Å². The first-order valence-electron chi connectivity index (χ1n) is 7.39. The van der Waals surface area contributed by atoms with Gasteiger partial charge >= 0.3 is 0 Å². The molecule has 2 unspecified atom stereocenters. The molecule has 2 amide bonds. The van der Waals surface area contributed by atoms with E-state index in [1.165, 1.54) is 4.90 Å². The van der Waals surface area contributed by atoms with E-state index in [4.69, 9.17) is 0 Å². The van der Waals surface area contributed by atoms with Gasteiger partial charge < -0.3 is 14.9 Å². The third kappa shape index (κ3) is 2.65. The second-order valence-electron chi connectivity index (χ2n) is 5.89. The van der Waals surface area contributed by atoms with Crippen LogP contribution in [0.3, 0.4) is 0 Å². The first-order chi connectivity index (χ1) is 10.1. The fourth-order valence-electron chi connectivity index (χ4n) is 3.21. The van der Waals surface area contributed by atoms with E-state index in [2.05, 4.69) is 0 Å². The summed E-state index contributed by atoms with van der Waals surface area (Å²) in [6.07, 6.45) is 0.868. The Bertz CT molecular complexity index is 572. The second kappa shape index (κ2) is 5.48. The summed E-state index contributed by atoms with van der Waals surface area (Å²) in [5, 5.41) is 10.3. The highest BCUT2D eigenvalue weighted by Crippen LogP contribution is 2.25. The van der Waals surface area contributed by atoms with E-state index in [0.29, 0.717) is 6.54 Å². The van der Waals surface area contributed by atoms with E-state index in [-0.39, 0.29) is 30.9 Å². The zero-order valence-electron chi connectivity index (χ0n) is 12.2. The summed E-state index contributed by atoms with van der Waals surface area (Å²) in [5.41, 5.74) is 1.85. The molecule has 2 saturated heterocycles. The van der Waals surface area contributed by atoms with Gasteiger partial charge in [0.15, 0.2) is 0 Å². The molecule has 2 heterocycles. The molecule has 5 heteroatoms. The molecule has 2 aliphatic heterocycles. The van der Waals surface area contributed by atoms with Crippen LogP contribution in [0.5, 0.6) is 0 Å². The highest BCUT2D eigenvalue weighted by atomic mass is 16.3. The number of piperazine rings is 1. The van der Waals surface area contributed by atoms with Gasteiger partial charge in [0, 0.05) is 6.54 Å². The van der Waals surface area contributed by atoms with Crippen LogP contribution in [-0.2, 0) is 9.59 Å². The molecule has 21 heavy (non-hydrogen) atoms. The number of hydrogen-bond acceptors (Lipinski definition) is 3. The fourth-order valence-corrected chi connectivity index (χ4v) is 3.21. The molecule has 2 aliphatic rings. The Morgan fingerprint density at radius 1 is 1.38 bits per heavy atom. The minimum absolute atomic E-state index is 0.00598. The monoisotopic (exact) mass is 288 g/mol. The van der Waals surface area contributed by atoms with Gasteiger partial charge in [-0.25, -0.2) is 0 Å². The highest BCUT2D eigenvalue weighted by molar-refractivity contribution is 5.95. The number of aliphatic hydroxyl groups is 1. The van der Waals surface area contributed by atoms with Crippen LogP contribution >= 0.6 is 0 Å². The number of nitrogens with zero attached hydrogens (tertiary/aromatic N) is 2. The summed E-state index contributed by atoms with van der Waals surface area (Å²) in [6, 6.07) is 7.28. The standard InChI is InChI=1S/C16H20N2O3/c1-11-4-2-5-12(8-11)14(19)9-17-10-15(20)18-7-3-6-13(18)16(17)21/h2,4-5,8,13-14,19H,3,6-7,9-10H2,1H3. The van der Waals surface area contributed by atoms with Crippen molar-refractivity contribution in [3.05, 3.63) is 35.4 Å². The van der Waals surface area contributed by atoms with Gasteiger partial charge in [0.25, 0.3) is 0 Å². The quantitative estimate of drug-likeness (QED) is 0.897. The van der Waals surface area contributed by atoms with Crippen LogP contribution in [0.15, 0.2) is 24.3 Å². The Morgan fingerprint density at radius 2 is 2.19 bits per heavy atom. The molecule has 112 valence electrons. The summed E-state index contributed by atoms with van der Waals surface area (Å²) >= 11 is 0. The summed E-state index contributed by atoms with van der Waals surface area (Å²) in [6.45, 7) is 2.91. The van der Waals surface area contributed by atoms with Crippen LogP contribution in [0.1, 0.15) is 30.1 Å². The molecule has 1 aromatic carbocycles. The molecule has 1 N–H and O–H groups in total. The lowest BCUT2D eigenvalue weighted by molar-refractivity contribution is -0.154. The van der Waals surface area contributed by atoms with Crippen molar-refractivity contribution in [1.82, 2.24) is 9.80 Å². The minimum Gasteiger partial charge on any atom is -0.387 e. The largest absolute Gasteiger partial charge is 0.387 e. The first-order valence-corrected chi connectivity index (χ1v) is 7.39.